The Labute approximate surface area is 199 Å². The Hall–Kier alpha value is -3.10. The summed E-state index contributed by atoms with van der Waals surface area (Å²) in [7, 11) is 0. The van der Waals surface area contributed by atoms with Gasteiger partial charge in [0.2, 0.25) is 11.8 Å². The van der Waals surface area contributed by atoms with E-state index < -0.39 is 11.7 Å². The van der Waals surface area contributed by atoms with Gasteiger partial charge in [0, 0.05) is 46.6 Å². The number of primary amides is 1. The zero-order valence-electron chi connectivity index (χ0n) is 17.6. The van der Waals surface area contributed by atoms with Gasteiger partial charge in [0.05, 0.1) is 18.5 Å². The molecule has 6 nitrogen and oxygen atoms in total. The molecule has 0 bridgehead atoms. The van der Waals surface area contributed by atoms with Crippen molar-refractivity contribution in [3.05, 3.63) is 85.6 Å². The van der Waals surface area contributed by atoms with E-state index in [4.69, 9.17) is 17.3 Å². The second-order valence-corrected chi connectivity index (χ2v) is 9.52. The van der Waals surface area contributed by atoms with E-state index in [-0.39, 0.29) is 41.5 Å². The molecule has 1 aliphatic heterocycles. The summed E-state index contributed by atoms with van der Waals surface area (Å²) in [5.74, 6) is -1.40. The van der Waals surface area contributed by atoms with Gasteiger partial charge in [-0.05, 0) is 41.3 Å². The minimum atomic E-state index is -0.594. The largest absolute Gasteiger partial charge is 0.366 e. The van der Waals surface area contributed by atoms with Crippen LogP contribution >= 0.6 is 22.9 Å². The van der Waals surface area contributed by atoms with Crippen LogP contribution in [-0.4, -0.2) is 34.0 Å². The van der Waals surface area contributed by atoms with Crippen LogP contribution in [0.5, 0.6) is 0 Å². The van der Waals surface area contributed by atoms with Crippen molar-refractivity contribution in [1.82, 2.24) is 9.88 Å². The molecule has 2 N–H and O–H groups in total. The molecule has 0 unspecified atom stereocenters. The molecule has 1 aliphatic rings. The molecular weight excluding hydrogens is 465 g/mol. The number of halogens is 2. The van der Waals surface area contributed by atoms with Gasteiger partial charge in [-0.15, -0.1) is 11.3 Å². The van der Waals surface area contributed by atoms with Crippen LogP contribution in [0.15, 0.2) is 42.7 Å². The number of carbonyl (C=O) groups excluding carboxylic acids is 3. The SMILES string of the molecule is NC(=O)c1c(CC(=O)Cc2ccc(Cl)cc2F)sc2c1CCN(C(=O)Cc1cccnc1)C2. The molecule has 9 heteroatoms. The molecule has 0 saturated carbocycles. The summed E-state index contributed by atoms with van der Waals surface area (Å²) in [5.41, 5.74) is 7.89. The van der Waals surface area contributed by atoms with Crippen LogP contribution in [0.1, 0.15) is 36.8 Å². The first-order valence-corrected chi connectivity index (χ1v) is 11.6. The second-order valence-electron chi connectivity index (χ2n) is 7.90. The molecule has 3 aromatic rings. The van der Waals surface area contributed by atoms with Crippen molar-refractivity contribution in [3.8, 4) is 0 Å². The Morgan fingerprint density at radius 3 is 2.70 bits per heavy atom. The van der Waals surface area contributed by atoms with Gasteiger partial charge in [0.15, 0.2) is 0 Å². The number of benzene rings is 1. The number of Topliss-reactive ketones (excluding diaryl/α,β-unsaturated/α-hetero) is 1. The lowest BCUT2D eigenvalue weighted by atomic mass is 9.98. The van der Waals surface area contributed by atoms with Gasteiger partial charge in [-0.2, -0.15) is 0 Å². The Balaban J connectivity index is 1.50. The molecule has 0 spiro atoms. The summed E-state index contributed by atoms with van der Waals surface area (Å²) >= 11 is 7.09. The van der Waals surface area contributed by atoms with Crippen LogP contribution in [0.2, 0.25) is 5.02 Å². The third-order valence-corrected chi connectivity index (χ3v) is 7.02. The first kappa shape index (κ1) is 23.1. The number of amides is 2. The lowest BCUT2D eigenvalue weighted by Crippen LogP contribution is -2.36. The molecule has 33 heavy (non-hydrogen) atoms. The predicted molar refractivity (Wildman–Crippen MR) is 124 cm³/mol. The topological polar surface area (TPSA) is 93.4 Å². The van der Waals surface area contributed by atoms with Gasteiger partial charge >= 0.3 is 0 Å². The highest BCUT2D eigenvalue weighted by atomic mass is 35.5. The molecule has 0 fully saturated rings. The fraction of sp³-hybridized carbons (Fsp3) is 0.250. The smallest absolute Gasteiger partial charge is 0.250 e. The van der Waals surface area contributed by atoms with Crippen LogP contribution in [0.4, 0.5) is 4.39 Å². The predicted octanol–water partition coefficient (Wildman–Crippen LogP) is 3.52. The van der Waals surface area contributed by atoms with E-state index in [9.17, 15) is 18.8 Å². The van der Waals surface area contributed by atoms with Crippen LogP contribution in [-0.2, 0) is 41.8 Å². The molecule has 0 atom stereocenters. The number of carbonyl (C=O) groups is 3. The number of aromatic nitrogens is 1. The molecule has 170 valence electrons. The molecule has 2 amide bonds. The molecule has 0 radical (unpaired) electrons. The van der Waals surface area contributed by atoms with Crippen molar-refractivity contribution in [2.24, 2.45) is 5.73 Å². The van der Waals surface area contributed by atoms with Crippen LogP contribution in [0, 0.1) is 5.82 Å². The summed E-state index contributed by atoms with van der Waals surface area (Å²) in [6.07, 6.45) is 3.92. The number of thiophene rings is 1. The first-order valence-electron chi connectivity index (χ1n) is 10.4. The van der Waals surface area contributed by atoms with Gasteiger partial charge in [-0.1, -0.05) is 23.7 Å². The maximum atomic E-state index is 14.1. The van der Waals surface area contributed by atoms with Gasteiger partial charge in [0.1, 0.15) is 11.6 Å². The van der Waals surface area contributed by atoms with Gasteiger partial charge < -0.3 is 10.6 Å². The second kappa shape index (κ2) is 9.80. The normalized spacial score (nSPS) is 13.0. The van der Waals surface area contributed by atoms with Gasteiger partial charge in [-0.25, -0.2) is 4.39 Å². The highest BCUT2D eigenvalue weighted by Gasteiger charge is 2.29. The monoisotopic (exact) mass is 485 g/mol. The van der Waals surface area contributed by atoms with Crippen molar-refractivity contribution in [2.45, 2.75) is 32.2 Å². The fourth-order valence-corrected chi connectivity index (χ4v) is 5.55. The highest BCUT2D eigenvalue weighted by Crippen LogP contribution is 2.34. The van der Waals surface area contributed by atoms with Crippen LogP contribution < -0.4 is 5.73 Å². The van der Waals surface area contributed by atoms with Gasteiger partial charge in [-0.3, -0.25) is 19.4 Å². The number of ketones is 1. The zero-order valence-corrected chi connectivity index (χ0v) is 19.2. The molecule has 0 aliphatic carbocycles. The summed E-state index contributed by atoms with van der Waals surface area (Å²) in [6, 6.07) is 7.82. The standard InChI is InChI=1S/C24H21ClFN3O3S/c25-16-4-3-15(19(26)10-16)9-17(30)11-20-23(24(27)32)18-5-7-29(13-21(18)33-20)22(31)8-14-2-1-6-28-12-14/h1-4,6,10,12H,5,7-9,11,13H2,(H2,27,32). The average Bonchev–Trinajstić information content (AvgIpc) is 3.13. The first-order chi connectivity index (χ1) is 15.8. The van der Waals surface area contributed by atoms with Crippen LogP contribution in [0.25, 0.3) is 0 Å². The third kappa shape index (κ3) is 5.29. The van der Waals surface area contributed by atoms with E-state index in [2.05, 4.69) is 4.98 Å². The summed E-state index contributed by atoms with van der Waals surface area (Å²) in [4.78, 5) is 44.8. The zero-order chi connectivity index (χ0) is 23.5. The van der Waals surface area contributed by atoms with E-state index in [0.717, 1.165) is 16.0 Å². The van der Waals surface area contributed by atoms with Gasteiger partial charge in [0.25, 0.3) is 0 Å². The Morgan fingerprint density at radius 2 is 2.00 bits per heavy atom. The molecule has 1 aromatic carbocycles. The highest BCUT2D eigenvalue weighted by molar-refractivity contribution is 7.12. The Bertz CT molecular complexity index is 1230. The molecule has 0 saturated heterocycles. The number of nitrogens with zero attached hydrogens (tertiary/aromatic N) is 2. The Morgan fingerprint density at radius 1 is 1.18 bits per heavy atom. The minimum Gasteiger partial charge on any atom is -0.366 e. The molecule has 2 aromatic heterocycles. The quantitative estimate of drug-likeness (QED) is 0.554. The van der Waals surface area contributed by atoms with Crippen molar-refractivity contribution in [3.63, 3.8) is 0 Å². The summed E-state index contributed by atoms with van der Waals surface area (Å²) in [6.45, 7) is 0.825. The lowest BCUT2D eigenvalue weighted by molar-refractivity contribution is -0.131. The number of hydrogen-bond donors (Lipinski definition) is 1. The molecular formula is C24H21ClFN3O3S. The number of nitrogens with two attached hydrogens (primary N) is 1. The summed E-state index contributed by atoms with van der Waals surface area (Å²) < 4.78 is 14.1. The Kier molecular flexibility index (Phi) is 6.85. The lowest BCUT2D eigenvalue weighted by Gasteiger charge is -2.27. The number of hydrogen-bond acceptors (Lipinski definition) is 5. The van der Waals surface area contributed by atoms with E-state index in [1.807, 2.05) is 6.07 Å². The molecule has 4 rings (SSSR count). The summed E-state index contributed by atoms with van der Waals surface area (Å²) in [5, 5.41) is 0.258. The third-order valence-electron chi connectivity index (χ3n) is 5.57. The average molecular weight is 486 g/mol. The minimum absolute atomic E-state index is 0.0262. The number of pyridine rings is 1. The van der Waals surface area contributed by atoms with Crippen molar-refractivity contribution in [1.29, 1.82) is 0 Å². The van der Waals surface area contributed by atoms with Crippen LogP contribution in [0.3, 0.4) is 0 Å². The van der Waals surface area contributed by atoms with Crippen molar-refractivity contribution in [2.75, 3.05) is 6.54 Å². The van der Waals surface area contributed by atoms with Crippen molar-refractivity contribution < 1.29 is 18.8 Å². The fourth-order valence-electron chi connectivity index (χ4n) is 3.99. The van der Waals surface area contributed by atoms with E-state index >= 15 is 0 Å². The number of fused-ring (bicyclic) bond motifs is 1. The van der Waals surface area contributed by atoms with E-state index in [0.29, 0.717) is 30.0 Å². The molecule has 3 heterocycles. The maximum Gasteiger partial charge on any atom is 0.250 e. The van der Waals surface area contributed by atoms with Crippen molar-refractivity contribution >= 4 is 40.5 Å². The van der Waals surface area contributed by atoms with E-state index in [1.54, 1.807) is 23.4 Å². The number of rotatable bonds is 7. The van der Waals surface area contributed by atoms with E-state index in [1.165, 1.54) is 29.5 Å². The maximum absolute atomic E-state index is 14.1.